The molecule has 1 heterocycles. The number of thiocarbonyl (C=S) groups is 1. The normalized spacial score (nSPS) is 11.7. The molecule has 1 atom stereocenters. The predicted octanol–water partition coefficient (Wildman–Crippen LogP) is 6.35. The van der Waals surface area contributed by atoms with Crippen LogP contribution in [0.15, 0.2) is 65.1 Å². The summed E-state index contributed by atoms with van der Waals surface area (Å²) in [6.45, 7) is 5.87. The number of carbonyl (C=O) groups excluding carboxylic acids is 1. The number of nitrogens with one attached hydrogen (secondary N) is 2. The first kappa shape index (κ1) is 24.0. The van der Waals surface area contributed by atoms with Crippen LogP contribution in [0.1, 0.15) is 47.7 Å². The molecule has 0 saturated carbocycles. The summed E-state index contributed by atoms with van der Waals surface area (Å²) in [6.07, 6.45) is 1.05. The van der Waals surface area contributed by atoms with Gasteiger partial charge in [-0.05, 0) is 79.5 Å². The van der Waals surface area contributed by atoms with Gasteiger partial charge in [0, 0.05) is 28.4 Å². The first-order chi connectivity index (χ1) is 16.8. The van der Waals surface area contributed by atoms with E-state index < -0.39 is 10.8 Å². The number of rotatable bonds is 6. The van der Waals surface area contributed by atoms with E-state index in [9.17, 15) is 14.9 Å². The summed E-state index contributed by atoms with van der Waals surface area (Å²) < 4.78 is 5.92. The van der Waals surface area contributed by atoms with Crippen molar-refractivity contribution < 1.29 is 14.1 Å². The van der Waals surface area contributed by atoms with Gasteiger partial charge in [-0.1, -0.05) is 26.0 Å². The standard InChI is InChI=1S/C26H24N4O4S/c1-4-15(2)18-10-13-23-21(14-18)28-25(34-23)17-8-11-19(12-9-17)27-26(35)29-24(31)20-6-5-7-22(16(20)3)30(32)33/h5-15H,4H2,1-3H3,(H2,27,29,31,35). The number of amides is 1. The Morgan fingerprint density at radius 2 is 1.91 bits per heavy atom. The lowest BCUT2D eigenvalue weighted by molar-refractivity contribution is -0.385. The molecule has 8 nitrogen and oxygen atoms in total. The third-order valence-electron chi connectivity index (χ3n) is 5.96. The van der Waals surface area contributed by atoms with Crippen molar-refractivity contribution >= 4 is 45.7 Å². The molecule has 0 fully saturated rings. The zero-order valence-electron chi connectivity index (χ0n) is 19.5. The lowest BCUT2D eigenvalue weighted by atomic mass is 9.98. The van der Waals surface area contributed by atoms with Gasteiger partial charge < -0.3 is 9.73 Å². The van der Waals surface area contributed by atoms with E-state index in [4.69, 9.17) is 16.6 Å². The van der Waals surface area contributed by atoms with Crippen LogP contribution in [0.5, 0.6) is 0 Å². The number of nitrogens with zero attached hydrogens (tertiary/aromatic N) is 2. The molecule has 9 heteroatoms. The molecule has 4 rings (SSSR count). The fraction of sp³-hybridized carbons (Fsp3) is 0.192. The fourth-order valence-electron chi connectivity index (χ4n) is 3.71. The van der Waals surface area contributed by atoms with Gasteiger partial charge in [0.15, 0.2) is 10.7 Å². The van der Waals surface area contributed by atoms with Crippen LogP contribution in [-0.2, 0) is 0 Å². The highest BCUT2D eigenvalue weighted by Gasteiger charge is 2.18. The number of aromatic nitrogens is 1. The summed E-state index contributed by atoms with van der Waals surface area (Å²) in [7, 11) is 0. The molecule has 0 bridgehead atoms. The molecule has 1 unspecified atom stereocenters. The monoisotopic (exact) mass is 488 g/mol. The van der Waals surface area contributed by atoms with Gasteiger partial charge in [0.1, 0.15) is 5.52 Å². The van der Waals surface area contributed by atoms with Crippen LogP contribution in [0.2, 0.25) is 0 Å². The molecule has 178 valence electrons. The second kappa shape index (κ2) is 10.0. The SMILES string of the molecule is CCC(C)c1ccc2oc(-c3ccc(NC(=S)NC(=O)c4cccc([N+](=O)[O-])c4C)cc3)nc2c1. The Balaban J connectivity index is 1.44. The molecule has 0 saturated heterocycles. The van der Waals surface area contributed by atoms with Crippen LogP contribution in [-0.4, -0.2) is 20.9 Å². The third-order valence-corrected chi connectivity index (χ3v) is 6.16. The first-order valence-corrected chi connectivity index (χ1v) is 11.5. The Morgan fingerprint density at radius 1 is 1.17 bits per heavy atom. The average Bonchev–Trinajstić information content (AvgIpc) is 3.27. The number of hydrogen-bond acceptors (Lipinski definition) is 6. The minimum Gasteiger partial charge on any atom is -0.436 e. The third kappa shape index (κ3) is 5.20. The van der Waals surface area contributed by atoms with Gasteiger partial charge in [-0.3, -0.25) is 20.2 Å². The number of nitro groups is 1. The highest BCUT2D eigenvalue weighted by atomic mass is 32.1. The highest BCUT2D eigenvalue weighted by molar-refractivity contribution is 7.80. The van der Waals surface area contributed by atoms with E-state index in [2.05, 4.69) is 41.6 Å². The summed E-state index contributed by atoms with van der Waals surface area (Å²) in [5, 5.41) is 16.7. The van der Waals surface area contributed by atoms with E-state index in [-0.39, 0.29) is 21.9 Å². The molecular formula is C26H24N4O4S. The summed E-state index contributed by atoms with van der Waals surface area (Å²) in [5.74, 6) is 0.448. The lowest BCUT2D eigenvalue weighted by Crippen LogP contribution is -2.34. The second-order valence-electron chi connectivity index (χ2n) is 8.25. The van der Waals surface area contributed by atoms with Crippen molar-refractivity contribution in [3.05, 3.63) is 87.5 Å². The maximum absolute atomic E-state index is 12.6. The highest BCUT2D eigenvalue weighted by Crippen LogP contribution is 2.28. The van der Waals surface area contributed by atoms with Gasteiger partial charge in [-0.15, -0.1) is 0 Å². The van der Waals surface area contributed by atoms with Crippen LogP contribution in [0.4, 0.5) is 11.4 Å². The smallest absolute Gasteiger partial charge is 0.273 e. The molecule has 3 aromatic carbocycles. The summed E-state index contributed by atoms with van der Waals surface area (Å²) in [4.78, 5) is 27.8. The number of nitro benzene ring substituents is 1. The predicted molar refractivity (Wildman–Crippen MR) is 140 cm³/mol. The molecule has 1 amide bonds. The number of oxazole rings is 1. The summed E-state index contributed by atoms with van der Waals surface area (Å²) >= 11 is 5.25. The lowest BCUT2D eigenvalue weighted by Gasteiger charge is -2.11. The van der Waals surface area contributed by atoms with Gasteiger partial charge in [0.25, 0.3) is 11.6 Å². The molecule has 35 heavy (non-hydrogen) atoms. The van der Waals surface area contributed by atoms with E-state index in [0.717, 1.165) is 23.1 Å². The van der Waals surface area contributed by atoms with Crippen LogP contribution < -0.4 is 10.6 Å². The molecule has 0 radical (unpaired) electrons. The summed E-state index contributed by atoms with van der Waals surface area (Å²) in [5.41, 5.74) is 4.58. The molecule has 4 aromatic rings. The number of benzene rings is 3. The largest absolute Gasteiger partial charge is 0.436 e. The second-order valence-corrected chi connectivity index (χ2v) is 8.66. The quantitative estimate of drug-likeness (QED) is 0.185. The Kier molecular flexibility index (Phi) is 6.88. The van der Waals surface area contributed by atoms with Gasteiger partial charge in [0.05, 0.1) is 4.92 Å². The molecule has 0 spiro atoms. The van der Waals surface area contributed by atoms with E-state index in [0.29, 0.717) is 17.5 Å². The zero-order chi connectivity index (χ0) is 25.1. The maximum atomic E-state index is 12.6. The van der Waals surface area contributed by atoms with Gasteiger partial charge in [-0.25, -0.2) is 4.98 Å². The average molecular weight is 489 g/mol. The van der Waals surface area contributed by atoms with Crippen molar-refractivity contribution in [1.82, 2.24) is 10.3 Å². The van der Waals surface area contributed by atoms with Crippen molar-refractivity contribution in [1.29, 1.82) is 0 Å². The van der Waals surface area contributed by atoms with Crippen molar-refractivity contribution in [2.24, 2.45) is 0 Å². The minimum absolute atomic E-state index is 0.0769. The van der Waals surface area contributed by atoms with Crippen LogP contribution >= 0.6 is 12.2 Å². The number of hydrogen-bond donors (Lipinski definition) is 2. The van der Waals surface area contributed by atoms with E-state index in [1.54, 1.807) is 12.1 Å². The van der Waals surface area contributed by atoms with E-state index >= 15 is 0 Å². The van der Waals surface area contributed by atoms with Gasteiger partial charge in [-0.2, -0.15) is 0 Å². The topological polar surface area (TPSA) is 110 Å². The van der Waals surface area contributed by atoms with Crippen molar-refractivity contribution in [3.8, 4) is 11.5 Å². The Labute approximate surface area is 207 Å². The Hall–Kier alpha value is -4.11. The van der Waals surface area contributed by atoms with Gasteiger partial charge >= 0.3 is 0 Å². The zero-order valence-corrected chi connectivity index (χ0v) is 20.3. The van der Waals surface area contributed by atoms with Crippen LogP contribution in [0.25, 0.3) is 22.6 Å². The molecule has 1 aromatic heterocycles. The maximum Gasteiger partial charge on any atom is 0.273 e. The number of anilines is 1. The number of carbonyl (C=O) groups is 1. The van der Waals surface area contributed by atoms with Crippen molar-refractivity contribution in [2.45, 2.75) is 33.1 Å². The molecule has 2 N–H and O–H groups in total. The Bertz CT molecular complexity index is 1430. The van der Waals surface area contributed by atoms with Crippen LogP contribution in [0, 0.1) is 17.0 Å². The number of fused-ring (bicyclic) bond motifs is 1. The minimum atomic E-state index is -0.524. The first-order valence-electron chi connectivity index (χ1n) is 11.1. The van der Waals surface area contributed by atoms with Gasteiger partial charge in [0.2, 0.25) is 5.89 Å². The van der Waals surface area contributed by atoms with E-state index in [1.165, 1.54) is 30.7 Å². The summed E-state index contributed by atoms with van der Waals surface area (Å²) in [6, 6.07) is 17.7. The molecular weight excluding hydrogens is 464 g/mol. The molecule has 0 aliphatic carbocycles. The molecule has 0 aliphatic rings. The molecule has 0 aliphatic heterocycles. The van der Waals surface area contributed by atoms with Crippen molar-refractivity contribution in [2.75, 3.05) is 5.32 Å². The Morgan fingerprint density at radius 3 is 2.60 bits per heavy atom. The van der Waals surface area contributed by atoms with Crippen molar-refractivity contribution in [3.63, 3.8) is 0 Å². The fourth-order valence-corrected chi connectivity index (χ4v) is 3.92. The van der Waals surface area contributed by atoms with E-state index in [1.807, 2.05) is 18.2 Å². The van der Waals surface area contributed by atoms with Crippen LogP contribution in [0.3, 0.4) is 0 Å².